The van der Waals surface area contributed by atoms with Crippen LogP contribution in [-0.4, -0.2) is 38.1 Å². The van der Waals surface area contributed by atoms with E-state index in [2.05, 4.69) is 13.8 Å². The molecule has 1 saturated heterocycles. The van der Waals surface area contributed by atoms with Crippen molar-refractivity contribution in [2.45, 2.75) is 78.1 Å². The minimum absolute atomic E-state index is 0.00575. The smallest absolute Gasteiger partial charge is 0.266 e. The third-order valence-corrected chi connectivity index (χ3v) is 8.43. The van der Waals surface area contributed by atoms with Gasteiger partial charge in [0, 0.05) is 23.9 Å². The third-order valence-electron chi connectivity index (χ3n) is 7.05. The van der Waals surface area contributed by atoms with Crippen molar-refractivity contribution in [1.82, 2.24) is 14.7 Å². The molecule has 0 aliphatic carbocycles. The molecule has 0 radical (unpaired) electrons. The number of benzene rings is 2. The molecule has 2 aromatic carbocycles. The fraction of sp³-hybridized carbons (Fsp3) is 0.424. The molecule has 0 unspecified atom stereocenters. The van der Waals surface area contributed by atoms with E-state index in [0.717, 1.165) is 54.1 Å². The van der Waals surface area contributed by atoms with E-state index < -0.39 is 0 Å². The van der Waals surface area contributed by atoms with Crippen molar-refractivity contribution in [2.24, 2.45) is 0 Å². The molecule has 1 aliphatic heterocycles. The van der Waals surface area contributed by atoms with Crippen molar-refractivity contribution >= 4 is 40.3 Å². The Morgan fingerprint density at radius 2 is 1.55 bits per heavy atom. The number of ether oxygens (including phenoxy) is 1. The Balaban J connectivity index is 1.51. The van der Waals surface area contributed by atoms with Crippen molar-refractivity contribution in [2.75, 3.05) is 13.2 Å². The molecule has 7 heteroatoms. The average molecular weight is 576 g/mol. The highest BCUT2D eigenvalue weighted by molar-refractivity contribution is 8.26. The summed E-state index contributed by atoms with van der Waals surface area (Å²) < 4.78 is 8.46. The first-order chi connectivity index (χ1) is 19.6. The predicted octanol–water partition coefficient (Wildman–Crippen LogP) is 9.06. The van der Waals surface area contributed by atoms with Crippen LogP contribution in [0.5, 0.6) is 5.75 Å². The van der Waals surface area contributed by atoms with Crippen LogP contribution in [0.1, 0.15) is 83.6 Å². The molecule has 4 rings (SSSR count). The van der Waals surface area contributed by atoms with Crippen LogP contribution in [0.15, 0.2) is 65.7 Å². The second-order valence-electron chi connectivity index (χ2n) is 10.2. The summed E-state index contributed by atoms with van der Waals surface area (Å²) in [6.07, 6.45) is 15.7. The Labute approximate surface area is 249 Å². The molecule has 40 heavy (non-hydrogen) atoms. The number of amides is 1. The van der Waals surface area contributed by atoms with Gasteiger partial charge in [0.15, 0.2) is 0 Å². The second-order valence-corrected chi connectivity index (χ2v) is 11.9. The topological polar surface area (TPSA) is 47.4 Å². The molecule has 1 amide bonds. The van der Waals surface area contributed by atoms with Gasteiger partial charge >= 0.3 is 0 Å². The summed E-state index contributed by atoms with van der Waals surface area (Å²) in [7, 11) is 0. The van der Waals surface area contributed by atoms with E-state index in [4.69, 9.17) is 22.1 Å². The normalized spacial score (nSPS) is 14.4. The monoisotopic (exact) mass is 575 g/mol. The molecule has 0 N–H and O–H groups in total. The summed E-state index contributed by atoms with van der Waals surface area (Å²) in [6.45, 7) is 5.85. The predicted molar refractivity (Wildman–Crippen MR) is 172 cm³/mol. The first-order valence-electron chi connectivity index (χ1n) is 14.7. The minimum Gasteiger partial charge on any atom is -0.494 e. The zero-order valence-corrected chi connectivity index (χ0v) is 25.4. The van der Waals surface area contributed by atoms with Gasteiger partial charge in [-0.3, -0.25) is 9.69 Å². The first kappa shape index (κ1) is 30.1. The summed E-state index contributed by atoms with van der Waals surface area (Å²) in [6, 6.07) is 18.1. The van der Waals surface area contributed by atoms with Gasteiger partial charge < -0.3 is 4.74 Å². The lowest BCUT2D eigenvalue weighted by molar-refractivity contribution is -0.122. The van der Waals surface area contributed by atoms with E-state index >= 15 is 0 Å². The number of carbonyl (C=O) groups is 1. The lowest BCUT2D eigenvalue weighted by Gasteiger charge is -2.13. The summed E-state index contributed by atoms with van der Waals surface area (Å²) in [5.41, 5.74) is 3.64. The molecule has 212 valence electrons. The Bertz CT molecular complexity index is 1270. The SMILES string of the molecule is CCCCCCCCN1C(=O)C(=Cc2cn(-c3ccccc3)nc2-c2ccc(OCCCCCC)cc2)SC1=S. The number of unbranched alkanes of at least 4 members (excludes halogenated alkanes) is 8. The van der Waals surface area contributed by atoms with Crippen LogP contribution in [0.2, 0.25) is 0 Å². The third kappa shape index (κ3) is 8.31. The van der Waals surface area contributed by atoms with E-state index in [0.29, 0.717) is 15.8 Å². The first-order valence-corrected chi connectivity index (χ1v) is 16.0. The summed E-state index contributed by atoms with van der Waals surface area (Å²) in [4.78, 5) is 15.7. The van der Waals surface area contributed by atoms with Crippen LogP contribution in [0.4, 0.5) is 0 Å². The number of rotatable bonds is 16. The molecule has 0 spiro atoms. The average Bonchev–Trinajstić information content (AvgIpc) is 3.51. The highest BCUT2D eigenvalue weighted by Crippen LogP contribution is 2.35. The van der Waals surface area contributed by atoms with Gasteiger partial charge in [0.2, 0.25) is 0 Å². The molecule has 1 aromatic heterocycles. The van der Waals surface area contributed by atoms with E-state index in [1.54, 1.807) is 4.90 Å². The number of thioether (sulfide) groups is 1. The van der Waals surface area contributed by atoms with Gasteiger partial charge in [-0.2, -0.15) is 5.10 Å². The molecule has 5 nitrogen and oxygen atoms in total. The molecule has 3 aromatic rings. The van der Waals surface area contributed by atoms with Gasteiger partial charge in [-0.25, -0.2) is 4.68 Å². The van der Waals surface area contributed by atoms with E-state index in [-0.39, 0.29) is 5.91 Å². The van der Waals surface area contributed by atoms with Crippen LogP contribution in [-0.2, 0) is 4.79 Å². The van der Waals surface area contributed by atoms with Crippen LogP contribution in [0.25, 0.3) is 23.0 Å². The maximum atomic E-state index is 13.3. The Kier molecular flexibility index (Phi) is 11.9. The Morgan fingerprint density at radius 3 is 2.27 bits per heavy atom. The molecule has 1 aliphatic rings. The quantitative estimate of drug-likeness (QED) is 0.0969. The lowest BCUT2D eigenvalue weighted by atomic mass is 10.1. The van der Waals surface area contributed by atoms with Gasteiger partial charge in [0.1, 0.15) is 10.1 Å². The Hall–Kier alpha value is -2.90. The van der Waals surface area contributed by atoms with Crippen molar-refractivity contribution in [3.8, 4) is 22.7 Å². The van der Waals surface area contributed by atoms with Gasteiger partial charge in [0.25, 0.3) is 5.91 Å². The van der Waals surface area contributed by atoms with Gasteiger partial charge in [-0.05, 0) is 55.3 Å². The number of para-hydroxylation sites is 1. The maximum Gasteiger partial charge on any atom is 0.266 e. The standard InChI is InChI=1S/C33H41N3O2S2/c1-3-5-7-9-10-14-22-35-32(37)30(40-33(35)39)24-27-25-36(28-16-12-11-13-17-28)34-31(27)26-18-20-29(21-19-26)38-23-15-8-6-4-2/h11-13,16-21,24-25H,3-10,14-15,22-23H2,1-2H3. The highest BCUT2D eigenvalue weighted by atomic mass is 32.2. The van der Waals surface area contributed by atoms with Crippen molar-refractivity contribution in [3.05, 3.63) is 71.3 Å². The van der Waals surface area contributed by atoms with E-state index in [9.17, 15) is 4.79 Å². The molecular weight excluding hydrogens is 535 g/mol. The van der Waals surface area contributed by atoms with Gasteiger partial charge in [-0.15, -0.1) is 0 Å². The maximum absolute atomic E-state index is 13.3. The molecule has 1 fully saturated rings. The minimum atomic E-state index is -0.00575. The van der Waals surface area contributed by atoms with Crippen LogP contribution < -0.4 is 4.74 Å². The largest absolute Gasteiger partial charge is 0.494 e. The number of carbonyl (C=O) groups excluding carboxylic acids is 1. The molecule has 0 bridgehead atoms. The van der Waals surface area contributed by atoms with Crippen LogP contribution >= 0.6 is 24.0 Å². The summed E-state index contributed by atoms with van der Waals surface area (Å²) >= 11 is 6.99. The highest BCUT2D eigenvalue weighted by Gasteiger charge is 2.32. The van der Waals surface area contributed by atoms with Gasteiger partial charge in [0.05, 0.1) is 22.9 Å². The number of aromatic nitrogens is 2. The zero-order valence-electron chi connectivity index (χ0n) is 23.8. The molecular formula is C33H41N3O2S2. The summed E-state index contributed by atoms with van der Waals surface area (Å²) in [5.74, 6) is 0.855. The molecule has 0 saturated carbocycles. The number of hydrogen-bond acceptors (Lipinski definition) is 5. The van der Waals surface area contributed by atoms with Crippen LogP contribution in [0, 0.1) is 0 Å². The molecule has 0 atom stereocenters. The van der Waals surface area contributed by atoms with Crippen molar-refractivity contribution < 1.29 is 9.53 Å². The van der Waals surface area contributed by atoms with E-state index in [1.807, 2.05) is 71.6 Å². The lowest BCUT2D eigenvalue weighted by Crippen LogP contribution is -2.29. The van der Waals surface area contributed by atoms with Crippen LogP contribution in [0.3, 0.4) is 0 Å². The fourth-order valence-corrected chi connectivity index (χ4v) is 6.04. The number of thiocarbonyl (C=S) groups is 1. The van der Waals surface area contributed by atoms with Gasteiger partial charge in [-0.1, -0.05) is 107 Å². The van der Waals surface area contributed by atoms with E-state index in [1.165, 1.54) is 56.7 Å². The number of hydrogen-bond donors (Lipinski definition) is 0. The number of nitrogens with zero attached hydrogens (tertiary/aromatic N) is 3. The summed E-state index contributed by atoms with van der Waals surface area (Å²) in [5, 5.41) is 4.93. The zero-order chi connectivity index (χ0) is 28.2. The van der Waals surface area contributed by atoms with Crippen molar-refractivity contribution in [1.29, 1.82) is 0 Å². The Morgan fingerprint density at radius 1 is 0.875 bits per heavy atom. The fourth-order valence-electron chi connectivity index (χ4n) is 4.74. The molecule has 2 heterocycles. The van der Waals surface area contributed by atoms with Crippen molar-refractivity contribution in [3.63, 3.8) is 0 Å². The second kappa shape index (κ2) is 15.8.